The number of fused-ring (bicyclic) bond motifs is 2. The van der Waals surface area contributed by atoms with Gasteiger partial charge in [-0.2, -0.15) is 13.2 Å². The topological polar surface area (TPSA) is 46.2 Å². The Morgan fingerprint density at radius 3 is 1.83 bits per heavy atom. The monoisotopic (exact) mass is 481 g/mol. The third-order valence-electron chi connectivity index (χ3n) is 5.64. The van der Waals surface area contributed by atoms with Crippen LogP contribution in [0.5, 0.6) is 0 Å². The van der Waals surface area contributed by atoms with E-state index in [4.69, 9.17) is 0 Å². The van der Waals surface area contributed by atoms with Gasteiger partial charge in [0, 0.05) is 23.4 Å². The van der Waals surface area contributed by atoms with E-state index in [1.54, 1.807) is 10.4 Å². The van der Waals surface area contributed by atoms with Gasteiger partial charge in [0.1, 0.15) is 0 Å². The van der Waals surface area contributed by atoms with E-state index in [1.165, 1.54) is 6.04 Å². The largest absolute Gasteiger partial charge is 0.511 e. The zero-order chi connectivity index (χ0) is 19.5. The zero-order valence-corrected chi connectivity index (χ0v) is 19.1. The maximum Gasteiger partial charge on any atom is 0.511 e. The quantitative estimate of drug-likeness (QED) is 0.409. The van der Waals surface area contributed by atoms with Crippen molar-refractivity contribution in [3.8, 4) is 0 Å². The van der Waals surface area contributed by atoms with Gasteiger partial charge in [-0.3, -0.25) is 0 Å². The molecule has 0 aromatic carbocycles. The second-order valence-electron chi connectivity index (χ2n) is 8.85. The molecule has 0 spiro atoms. The molecule has 0 heterocycles. The van der Waals surface area contributed by atoms with E-state index in [-0.39, 0.29) is 51.0 Å². The van der Waals surface area contributed by atoms with Crippen molar-refractivity contribution < 1.29 is 21.6 Å². The fourth-order valence-electron chi connectivity index (χ4n) is 4.17. The molecule has 0 aromatic rings. The van der Waals surface area contributed by atoms with Crippen LogP contribution in [0.25, 0.3) is 0 Å². The second kappa shape index (κ2) is 14.2. The van der Waals surface area contributed by atoms with Crippen molar-refractivity contribution in [2.24, 2.45) is 17.8 Å². The summed E-state index contributed by atoms with van der Waals surface area (Å²) >= 11 is 0. The van der Waals surface area contributed by atoms with Crippen molar-refractivity contribution in [2.75, 3.05) is 6.54 Å². The normalized spacial score (nSPS) is 23.0. The van der Waals surface area contributed by atoms with Gasteiger partial charge < -0.3 is 0 Å². The predicted octanol–water partition coefficient (Wildman–Crippen LogP) is 7.15. The van der Waals surface area contributed by atoms with Crippen LogP contribution in [-0.4, -0.2) is 37.3 Å². The maximum atomic E-state index is 12.0. The first-order valence-corrected chi connectivity index (χ1v) is 17.4. The molecular formula is C20H50F3NO2SSi2. The van der Waals surface area contributed by atoms with E-state index in [0.717, 1.165) is 25.7 Å². The first kappa shape index (κ1) is 36.5. The van der Waals surface area contributed by atoms with Gasteiger partial charge in [-0.05, 0) is 37.0 Å². The van der Waals surface area contributed by atoms with Crippen LogP contribution in [0.1, 0.15) is 62.3 Å². The summed E-state index contributed by atoms with van der Waals surface area (Å²) < 4.78 is 59.4. The Bertz CT molecular complexity index is 526. The summed E-state index contributed by atoms with van der Waals surface area (Å²) in [4.78, 5) is 0. The molecule has 29 heavy (non-hydrogen) atoms. The van der Waals surface area contributed by atoms with Crippen molar-refractivity contribution in [3.63, 3.8) is 0 Å². The standard InChI is InChI=1S/C9H14F3NO2S.C7H20Si2.4CH4/c10-9(11,12)16(14,15)13-5-8-4-6-1-2-7(8)3-6;1-6-9(4,5)7-8(2)3;;;;/h6-8,13H,1-5H2;8H,6-7H2,1-5H3;4*1H4. The molecule has 182 valence electrons. The molecule has 0 radical (unpaired) electrons. The van der Waals surface area contributed by atoms with Crippen LogP contribution in [0, 0.1) is 17.8 Å². The molecule has 2 aliphatic rings. The van der Waals surface area contributed by atoms with Crippen LogP contribution >= 0.6 is 0 Å². The van der Waals surface area contributed by atoms with Gasteiger partial charge >= 0.3 is 15.5 Å². The molecule has 1 N–H and O–H groups in total. The van der Waals surface area contributed by atoms with Gasteiger partial charge in [0.15, 0.2) is 0 Å². The average molecular weight is 482 g/mol. The molecule has 2 fully saturated rings. The van der Waals surface area contributed by atoms with E-state index in [9.17, 15) is 21.6 Å². The number of hydrogen-bond donors (Lipinski definition) is 1. The van der Waals surface area contributed by atoms with Gasteiger partial charge in [-0.15, -0.1) is 0 Å². The predicted molar refractivity (Wildman–Crippen MR) is 130 cm³/mol. The molecule has 3 unspecified atom stereocenters. The van der Waals surface area contributed by atoms with Crippen molar-refractivity contribution in [1.29, 1.82) is 0 Å². The van der Waals surface area contributed by atoms with E-state index in [2.05, 4.69) is 33.1 Å². The third kappa shape index (κ3) is 11.9. The Kier molecular flexibility index (Phi) is 17.9. The molecule has 3 atom stereocenters. The summed E-state index contributed by atoms with van der Waals surface area (Å²) in [6.45, 7) is 12.2. The number of sulfonamides is 1. The van der Waals surface area contributed by atoms with Crippen LogP contribution in [0.3, 0.4) is 0 Å². The van der Waals surface area contributed by atoms with Crippen LogP contribution in [0.4, 0.5) is 13.2 Å². The summed E-state index contributed by atoms with van der Waals surface area (Å²) in [5.41, 5.74) is -3.56. The lowest BCUT2D eigenvalue weighted by atomic mass is 9.89. The van der Waals surface area contributed by atoms with Crippen LogP contribution < -0.4 is 4.72 Å². The lowest BCUT2D eigenvalue weighted by Gasteiger charge is -2.22. The molecule has 2 aliphatic carbocycles. The molecule has 0 saturated heterocycles. The molecule has 2 saturated carbocycles. The van der Waals surface area contributed by atoms with E-state index >= 15 is 0 Å². The van der Waals surface area contributed by atoms with Gasteiger partial charge in [-0.1, -0.05) is 81.0 Å². The smallest absolute Gasteiger partial charge is 0.207 e. The lowest BCUT2D eigenvalue weighted by Crippen LogP contribution is -2.39. The minimum atomic E-state index is -5.19. The van der Waals surface area contributed by atoms with Crippen LogP contribution in [0.15, 0.2) is 0 Å². The fourth-order valence-corrected chi connectivity index (χ4v) is 14.8. The zero-order valence-electron chi connectivity index (χ0n) is 16.1. The lowest BCUT2D eigenvalue weighted by molar-refractivity contribution is -0.0449. The molecule has 0 amide bonds. The average Bonchev–Trinajstić information content (AvgIpc) is 3.06. The summed E-state index contributed by atoms with van der Waals surface area (Å²) in [6.07, 6.45) is 4.10. The van der Waals surface area contributed by atoms with Crippen molar-refractivity contribution in [1.82, 2.24) is 4.72 Å². The van der Waals surface area contributed by atoms with E-state index in [0.29, 0.717) is 11.8 Å². The van der Waals surface area contributed by atoms with E-state index in [1.807, 2.05) is 0 Å². The number of halogens is 3. The van der Waals surface area contributed by atoms with Gasteiger partial charge in [-0.25, -0.2) is 13.1 Å². The molecule has 0 aromatic heterocycles. The summed E-state index contributed by atoms with van der Waals surface area (Å²) in [5.74, 6) is 1.11. The molecule has 2 rings (SSSR count). The summed E-state index contributed by atoms with van der Waals surface area (Å²) in [5, 5.41) is 0. The molecule has 2 bridgehead atoms. The van der Waals surface area contributed by atoms with Gasteiger partial charge in [0.2, 0.25) is 0 Å². The van der Waals surface area contributed by atoms with Crippen LogP contribution in [-0.2, 0) is 10.0 Å². The van der Waals surface area contributed by atoms with Crippen molar-refractivity contribution in [2.45, 2.75) is 106 Å². The third-order valence-corrected chi connectivity index (χ3v) is 16.4. The summed E-state index contributed by atoms with van der Waals surface area (Å²) in [7, 11) is -6.08. The SMILES string of the molecule is C.C.C.C.CC[Si](C)(C)C[SiH](C)C.O=S(=O)(NCC1CC2CCC1C2)C(F)(F)F. The van der Waals surface area contributed by atoms with Crippen molar-refractivity contribution in [3.05, 3.63) is 0 Å². The minimum absolute atomic E-state index is 0. The highest BCUT2D eigenvalue weighted by Crippen LogP contribution is 2.48. The van der Waals surface area contributed by atoms with Crippen LogP contribution in [0.2, 0.25) is 37.9 Å². The number of rotatable bonds is 6. The molecule has 0 aliphatic heterocycles. The minimum Gasteiger partial charge on any atom is -0.207 e. The fraction of sp³-hybridized carbons (Fsp3) is 1.00. The Labute approximate surface area is 183 Å². The highest BCUT2D eigenvalue weighted by molar-refractivity contribution is 7.90. The van der Waals surface area contributed by atoms with Crippen molar-refractivity contribution >= 4 is 26.9 Å². The number of hydrogen-bond acceptors (Lipinski definition) is 2. The highest BCUT2D eigenvalue weighted by Gasteiger charge is 2.47. The Balaban J connectivity index is -0.000000213. The molecule has 3 nitrogen and oxygen atoms in total. The summed E-state index contributed by atoms with van der Waals surface area (Å²) in [6, 6.07) is 1.47. The second-order valence-corrected chi connectivity index (χ2v) is 20.1. The number of nitrogens with one attached hydrogen (secondary N) is 1. The Morgan fingerprint density at radius 1 is 1.03 bits per heavy atom. The first-order chi connectivity index (χ1) is 11.3. The molecule has 9 heteroatoms. The number of alkyl halides is 3. The Hall–Kier alpha value is 0.134. The maximum absolute atomic E-state index is 12.0. The Morgan fingerprint density at radius 2 is 1.55 bits per heavy atom. The van der Waals surface area contributed by atoms with Gasteiger partial charge in [0.05, 0.1) is 0 Å². The van der Waals surface area contributed by atoms with E-state index < -0.39 is 23.6 Å². The van der Waals surface area contributed by atoms with Gasteiger partial charge in [0.25, 0.3) is 0 Å². The highest BCUT2D eigenvalue weighted by atomic mass is 32.2. The molecular weight excluding hydrogens is 431 g/mol. The first-order valence-electron chi connectivity index (χ1n) is 9.33.